The Morgan fingerprint density at radius 2 is 1.76 bits per heavy atom. The molecule has 0 radical (unpaired) electrons. The first-order valence-electron chi connectivity index (χ1n) is 9.66. The Morgan fingerprint density at radius 1 is 1.10 bits per heavy atom. The first kappa shape index (κ1) is 21.1. The zero-order chi connectivity index (χ0) is 20.9. The lowest BCUT2D eigenvalue weighted by molar-refractivity contribution is -0.122. The van der Waals surface area contributed by atoms with E-state index >= 15 is 0 Å². The van der Waals surface area contributed by atoms with Crippen LogP contribution in [0.3, 0.4) is 0 Å². The maximum atomic E-state index is 12.6. The fraction of sp³-hybridized carbons (Fsp3) is 0.381. The molecule has 0 aromatic heterocycles. The molecule has 1 saturated heterocycles. The van der Waals surface area contributed by atoms with Crippen LogP contribution in [-0.2, 0) is 14.8 Å². The van der Waals surface area contributed by atoms with Gasteiger partial charge in [0.05, 0.1) is 12.0 Å². The summed E-state index contributed by atoms with van der Waals surface area (Å²) in [7, 11) is -1.90. The second-order valence-corrected chi connectivity index (χ2v) is 8.76. The van der Waals surface area contributed by atoms with E-state index in [1.165, 1.54) is 16.4 Å². The molecule has 0 bridgehead atoms. The van der Waals surface area contributed by atoms with Crippen LogP contribution < -0.4 is 14.8 Å². The number of ether oxygens (including phenoxy) is 2. The summed E-state index contributed by atoms with van der Waals surface area (Å²) >= 11 is 0. The molecule has 1 N–H and O–H groups in total. The first-order valence-corrected chi connectivity index (χ1v) is 11.1. The molecule has 156 valence electrons. The van der Waals surface area contributed by atoms with Crippen LogP contribution in [0.5, 0.6) is 11.5 Å². The van der Waals surface area contributed by atoms with Gasteiger partial charge in [0.2, 0.25) is 10.0 Å². The fourth-order valence-corrected chi connectivity index (χ4v) is 4.69. The van der Waals surface area contributed by atoms with Gasteiger partial charge in [-0.2, -0.15) is 4.31 Å². The number of benzene rings is 2. The van der Waals surface area contributed by atoms with E-state index in [0.717, 1.165) is 12.8 Å². The molecule has 7 nitrogen and oxygen atoms in total. The van der Waals surface area contributed by atoms with Gasteiger partial charge in [-0.05, 0) is 55.7 Å². The molecule has 1 atom stereocenters. The van der Waals surface area contributed by atoms with Gasteiger partial charge >= 0.3 is 0 Å². The molecule has 29 heavy (non-hydrogen) atoms. The van der Waals surface area contributed by atoms with Gasteiger partial charge in [-0.25, -0.2) is 8.42 Å². The molecule has 0 unspecified atom stereocenters. The van der Waals surface area contributed by atoms with Crippen molar-refractivity contribution in [1.29, 1.82) is 0 Å². The monoisotopic (exact) mass is 418 g/mol. The number of amides is 1. The minimum absolute atomic E-state index is 0.233. The summed E-state index contributed by atoms with van der Waals surface area (Å²) in [5.74, 6) is 0.886. The molecule has 2 aromatic carbocycles. The zero-order valence-electron chi connectivity index (χ0n) is 16.6. The van der Waals surface area contributed by atoms with Crippen molar-refractivity contribution in [2.24, 2.45) is 0 Å². The molecule has 0 saturated carbocycles. The average Bonchev–Trinajstić information content (AvgIpc) is 3.28. The second kappa shape index (κ2) is 9.28. The molecule has 1 aliphatic heterocycles. The summed E-state index contributed by atoms with van der Waals surface area (Å²) in [6, 6.07) is 13.3. The summed E-state index contributed by atoms with van der Waals surface area (Å²) in [5.41, 5.74) is 0.517. The highest BCUT2D eigenvalue weighted by molar-refractivity contribution is 7.89. The van der Waals surface area contributed by atoms with Gasteiger partial charge in [0.1, 0.15) is 11.5 Å². The SMILES string of the molecule is CC[C@H](Oc1cccc(OC)c1)C(=O)Nc1ccc(S(=O)(=O)N2CCCC2)cc1. The Bertz CT molecular complexity index is 938. The van der Waals surface area contributed by atoms with Crippen molar-refractivity contribution >= 4 is 21.6 Å². The number of nitrogens with zero attached hydrogens (tertiary/aromatic N) is 1. The minimum Gasteiger partial charge on any atom is -0.497 e. The highest BCUT2D eigenvalue weighted by Gasteiger charge is 2.27. The Morgan fingerprint density at radius 3 is 2.38 bits per heavy atom. The van der Waals surface area contributed by atoms with Crippen molar-refractivity contribution in [3.05, 3.63) is 48.5 Å². The third kappa shape index (κ3) is 5.07. The van der Waals surface area contributed by atoms with Crippen molar-refractivity contribution in [1.82, 2.24) is 4.31 Å². The summed E-state index contributed by atoms with van der Waals surface area (Å²) in [5, 5.41) is 2.79. The number of sulfonamides is 1. The second-order valence-electron chi connectivity index (χ2n) is 6.82. The number of hydrogen-bond acceptors (Lipinski definition) is 5. The Balaban J connectivity index is 1.65. The number of rotatable bonds is 8. The molecule has 8 heteroatoms. The minimum atomic E-state index is -3.47. The highest BCUT2D eigenvalue weighted by Crippen LogP contribution is 2.23. The van der Waals surface area contributed by atoms with Crippen molar-refractivity contribution in [3.8, 4) is 11.5 Å². The largest absolute Gasteiger partial charge is 0.497 e. The van der Waals surface area contributed by atoms with Crippen LogP contribution in [0.4, 0.5) is 5.69 Å². The lowest BCUT2D eigenvalue weighted by Gasteiger charge is -2.18. The molecule has 0 aliphatic carbocycles. The summed E-state index contributed by atoms with van der Waals surface area (Å²) in [4.78, 5) is 12.8. The summed E-state index contributed by atoms with van der Waals surface area (Å²) < 4.78 is 37.6. The van der Waals surface area contributed by atoms with Crippen LogP contribution in [0.25, 0.3) is 0 Å². The van der Waals surface area contributed by atoms with Crippen LogP contribution in [0.1, 0.15) is 26.2 Å². The molecular formula is C21H26N2O5S. The highest BCUT2D eigenvalue weighted by atomic mass is 32.2. The Labute approximate surface area is 171 Å². The number of hydrogen-bond donors (Lipinski definition) is 1. The molecule has 2 aromatic rings. The zero-order valence-corrected chi connectivity index (χ0v) is 17.4. The Hall–Kier alpha value is -2.58. The van der Waals surface area contributed by atoms with E-state index < -0.39 is 16.1 Å². The van der Waals surface area contributed by atoms with E-state index in [4.69, 9.17) is 9.47 Å². The molecule has 1 aliphatic rings. The van der Waals surface area contributed by atoms with Crippen LogP contribution in [-0.4, -0.2) is 44.9 Å². The number of nitrogens with one attached hydrogen (secondary N) is 1. The predicted octanol–water partition coefficient (Wildman–Crippen LogP) is 3.28. The van der Waals surface area contributed by atoms with Crippen LogP contribution in [0.15, 0.2) is 53.4 Å². The third-order valence-corrected chi connectivity index (χ3v) is 6.72. The predicted molar refractivity (Wildman–Crippen MR) is 111 cm³/mol. The topological polar surface area (TPSA) is 84.9 Å². The lowest BCUT2D eigenvalue weighted by Crippen LogP contribution is -2.32. The van der Waals surface area contributed by atoms with Crippen molar-refractivity contribution in [2.75, 3.05) is 25.5 Å². The van der Waals surface area contributed by atoms with Gasteiger partial charge in [-0.15, -0.1) is 0 Å². The average molecular weight is 419 g/mol. The van der Waals surface area contributed by atoms with E-state index in [9.17, 15) is 13.2 Å². The van der Waals surface area contributed by atoms with Gasteiger partial charge in [-0.3, -0.25) is 4.79 Å². The molecular weight excluding hydrogens is 392 g/mol. The van der Waals surface area contributed by atoms with Crippen molar-refractivity contribution in [2.45, 2.75) is 37.2 Å². The Kier molecular flexibility index (Phi) is 6.76. The molecule has 3 rings (SSSR count). The quantitative estimate of drug-likeness (QED) is 0.711. The van der Waals surface area contributed by atoms with Gasteiger partial charge in [0.15, 0.2) is 6.10 Å². The molecule has 0 spiro atoms. The number of carbonyl (C=O) groups excluding carboxylic acids is 1. The van der Waals surface area contributed by atoms with Gasteiger partial charge in [-0.1, -0.05) is 13.0 Å². The standard InChI is InChI=1S/C21H26N2O5S/c1-3-20(28-18-8-6-7-17(15-18)27-2)21(24)22-16-9-11-19(12-10-16)29(25,26)23-13-4-5-14-23/h6-12,15,20H,3-5,13-14H2,1-2H3,(H,22,24)/t20-/m0/s1. The molecule has 1 fully saturated rings. The van der Waals surface area contributed by atoms with E-state index in [1.807, 2.05) is 6.92 Å². The van der Waals surface area contributed by atoms with Crippen molar-refractivity contribution < 1.29 is 22.7 Å². The van der Waals surface area contributed by atoms with Crippen LogP contribution in [0.2, 0.25) is 0 Å². The lowest BCUT2D eigenvalue weighted by atomic mass is 10.2. The van der Waals surface area contributed by atoms with Gasteiger partial charge in [0.25, 0.3) is 5.91 Å². The van der Waals surface area contributed by atoms with Gasteiger partial charge in [0, 0.05) is 24.8 Å². The third-order valence-electron chi connectivity index (χ3n) is 4.81. The number of carbonyl (C=O) groups is 1. The number of anilines is 1. The number of methoxy groups -OCH3 is 1. The van der Waals surface area contributed by atoms with E-state index in [2.05, 4.69) is 5.32 Å². The van der Waals surface area contributed by atoms with E-state index in [-0.39, 0.29) is 10.8 Å². The summed E-state index contributed by atoms with van der Waals surface area (Å²) in [6.45, 7) is 2.97. The fourth-order valence-electron chi connectivity index (χ4n) is 3.17. The summed E-state index contributed by atoms with van der Waals surface area (Å²) in [6.07, 6.45) is 1.57. The first-order chi connectivity index (χ1) is 13.9. The maximum absolute atomic E-state index is 12.6. The van der Waals surface area contributed by atoms with Crippen LogP contribution in [0, 0.1) is 0 Å². The normalized spacial score (nSPS) is 15.7. The van der Waals surface area contributed by atoms with Gasteiger partial charge < -0.3 is 14.8 Å². The maximum Gasteiger partial charge on any atom is 0.265 e. The molecule has 1 heterocycles. The van der Waals surface area contributed by atoms with E-state index in [1.54, 1.807) is 43.5 Å². The van der Waals surface area contributed by atoms with Crippen LogP contribution >= 0.6 is 0 Å². The smallest absolute Gasteiger partial charge is 0.265 e. The molecule has 1 amide bonds. The van der Waals surface area contributed by atoms with E-state index in [0.29, 0.717) is 36.7 Å². The van der Waals surface area contributed by atoms with Crippen molar-refractivity contribution in [3.63, 3.8) is 0 Å².